The van der Waals surface area contributed by atoms with Crippen LogP contribution in [0.2, 0.25) is 0 Å². The zero-order chi connectivity index (χ0) is 32.7. The van der Waals surface area contributed by atoms with Crippen molar-refractivity contribution in [3.05, 3.63) is 181 Å². The zero-order valence-corrected chi connectivity index (χ0v) is 28.0. The number of fused-ring (bicyclic) bond motifs is 4. The molecule has 0 bridgehead atoms. The number of rotatable bonds is 6. The monoisotopic (exact) mass is 692 g/mol. The molecule has 9 aromatic rings. The van der Waals surface area contributed by atoms with Crippen LogP contribution < -0.4 is 4.90 Å². The second-order valence-corrected chi connectivity index (χ2v) is 13.0. The third-order valence-electron chi connectivity index (χ3n) is 9.04. The minimum atomic E-state index is 0.682. The standard InChI is InChI=1S/C44H29BrN4/c45-34-26-36(28-37(27-34)49-40-21-11-9-19-38(40)39-20-10-12-22-41(39)49)48(35-24-23-30-13-7-8-18-33(30)25-35)42-29-46-44(32-16-5-2-6-17-32)47-43(42)31-14-3-1-4-15-31/h1-29H. The molecule has 0 fully saturated rings. The van der Waals surface area contributed by atoms with Crippen molar-refractivity contribution in [1.29, 1.82) is 0 Å². The number of para-hydroxylation sites is 2. The quantitative estimate of drug-likeness (QED) is 0.174. The van der Waals surface area contributed by atoms with Gasteiger partial charge in [0.15, 0.2) is 5.82 Å². The highest BCUT2D eigenvalue weighted by Crippen LogP contribution is 2.43. The highest BCUT2D eigenvalue weighted by Gasteiger charge is 2.22. The summed E-state index contributed by atoms with van der Waals surface area (Å²) in [6, 6.07) is 59.5. The Labute approximate surface area is 292 Å². The summed E-state index contributed by atoms with van der Waals surface area (Å²) in [4.78, 5) is 12.5. The Balaban J connectivity index is 1.32. The smallest absolute Gasteiger partial charge is 0.159 e. The van der Waals surface area contributed by atoms with Crippen LogP contribution in [0, 0.1) is 0 Å². The van der Waals surface area contributed by atoms with Crippen molar-refractivity contribution in [2.45, 2.75) is 0 Å². The van der Waals surface area contributed by atoms with Gasteiger partial charge in [0.1, 0.15) is 0 Å². The molecule has 0 spiro atoms. The first-order valence-electron chi connectivity index (χ1n) is 16.3. The zero-order valence-electron chi connectivity index (χ0n) is 26.4. The van der Waals surface area contributed by atoms with Crippen molar-refractivity contribution in [2.75, 3.05) is 4.90 Å². The molecule has 0 saturated carbocycles. The van der Waals surface area contributed by atoms with Crippen molar-refractivity contribution >= 4 is 65.6 Å². The van der Waals surface area contributed by atoms with Gasteiger partial charge in [-0.3, -0.25) is 0 Å². The fraction of sp³-hybridized carbons (Fsp3) is 0. The van der Waals surface area contributed by atoms with Gasteiger partial charge in [-0.1, -0.05) is 143 Å². The minimum absolute atomic E-state index is 0.682. The van der Waals surface area contributed by atoms with E-state index < -0.39 is 0 Å². The fourth-order valence-corrected chi connectivity index (χ4v) is 7.30. The maximum atomic E-state index is 5.25. The van der Waals surface area contributed by atoms with Gasteiger partial charge in [0.2, 0.25) is 0 Å². The summed E-state index contributed by atoms with van der Waals surface area (Å²) < 4.78 is 3.32. The highest BCUT2D eigenvalue weighted by molar-refractivity contribution is 9.10. The second-order valence-electron chi connectivity index (χ2n) is 12.1. The molecule has 2 aromatic heterocycles. The second kappa shape index (κ2) is 12.2. The number of benzene rings is 7. The third-order valence-corrected chi connectivity index (χ3v) is 9.50. The summed E-state index contributed by atoms with van der Waals surface area (Å²) in [7, 11) is 0. The van der Waals surface area contributed by atoms with Gasteiger partial charge in [0.05, 0.1) is 28.6 Å². The van der Waals surface area contributed by atoms with Crippen LogP contribution in [0.4, 0.5) is 17.1 Å². The van der Waals surface area contributed by atoms with Crippen LogP contribution in [0.1, 0.15) is 0 Å². The molecule has 9 rings (SSSR count). The average Bonchev–Trinajstić information content (AvgIpc) is 3.50. The summed E-state index contributed by atoms with van der Waals surface area (Å²) in [5.74, 6) is 0.682. The summed E-state index contributed by atoms with van der Waals surface area (Å²) in [5.41, 5.74) is 9.08. The Morgan fingerprint density at radius 1 is 0.510 bits per heavy atom. The summed E-state index contributed by atoms with van der Waals surface area (Å²) in [5, 5.41) is 4.79. The Hall–Kier alpha value is -6.04. The lowest BCUT2D eigenvalue weighted by Gasteiger charge is -2.28. The lowest BCUT2D eigenvalue weighted by molar-refractivity contribution is 1.13. The van der Waals surface area contributed by atoms with Crippen molar-refractivity contribution in [3.63, 3.8) is 0 Å². The van der Waals surface area contributed by atoms with Crippen LogP contribution in [0.15, 0.2) is 181 Å². The number of anilines is 3. The van der Waals surface area contributed by atoms with Crippen LogP contribution >= 0.6 is 15.9 Å². The molecule has 2 heterocycles. The van der Waals surface area contributed by atoms with Crippen LogP contribution in [-0.4, -0.2) is 14.5 Å². The normalized spacial score (nSPS) is 11.4. The summed E-state index contributed by atoms with van der Waals surface area (Å²) in [6.07, 6.45) is 1.97. The largest absolute Gasteiger partial charge is 0.309 e. The van der Waals surface area contributed by atoms with E-state index in [2.05, 4.69) is 171 Å². The van der Waals surface area contributed by atoms with Crippen molar-refractivity contribution < 1.29 is 0 Å². The van der Waals surface area contributed by atoms with E-state index in [1.54, 1.807) is 0 Å². The number of nitrogens with zero attached hydrogens (tertiary/aromatic N) is 4. The molecule has 0 amide bonds. The van der Waals surface area contributed by atoms with E-state index in [9.17, 15) is 0 Å². The van der Waals surface area contributed by atoms with Crippen LogP contribution in [0.5, 0.6) is 0 Å². The maximum absolute atomic E-state index is 5.25. The summed E-state index contributed by atoms with van der Waals surface area (Å²) in [6.45, 7) is 0. The molecule has 0 aliphatic heterocycles. The number of hydrogen-bond acceptors (Lipinski definition) is 3. The molecule has 49 heavy (non-hydrogen) atoms. The number of hydrogen-bond donors (Lipinski definition) is 0. The van der Waals surface area contributed by atoms with Gasteiger partial charge in [-0.2, -0.15) is 0 Å². The lowest BCUT2D eigenvalue weighted by Crippen LogP contribution is -2.13. The van der Waals surface area contributed by atoms with Crippen molar-refractivity contribution in [3.8, 4) is 28.3 Å². The predicted octanol–water partition coefficient (Wildman–Crippen LogP) is 12.3. The number of aromatic nitrogens is 3. The van der Waals surface area contributed by atoms with Gasteiger partial charge in [-0.15, -0.1) is 0 Å². The fourth-order valence-electron chi connectivity index (χ4n) is 6.83. The third kappa shape index (κ3) is 5.25. The van der Waals surface area contributed by atoms with Gasteiger partial charge in [0.25, 0.3) is 0 Å². The maximum Gasteiger partial charge on any atom is 0.159 e. The van der Waals surface area contributed by atoms with E-state index in [1.165, 1.54) is 16.2 Å². The van der Waals surface area contributed by atoms with Crippen LogP contribution in [0.3, 0.4) is 0 Å². The highest BCUT2D eigenvalue weighted by atomic mass is 79.9. The van der Waals surface area contributed by atoms with Gasteiger partial charge in [0, 0.05) is 43.4 Å². The molecule has 232 valence electrons. The molecule has 0 radical (unpaired) electrons. The summed E-state index contributed by atoms with van der Waals surface area (Å²) >= 11 is 3.91. The number of halogens is 1. The molecule has 0 unspecified atom stereocenters. The molecule has 0 aliphatic rings. The van der Waals surface area contributed by atoms with E-state index in [1.807, 2.05) is 30.5 Å². The van der Waals surface area contributed by atoms with Gasteiger partial charge in [-0.25, -0.2) is 9.97 Å². The first-order valence-corrected chi connectivity index (χ1v) is 17.1. The van der Waals surface area contributed by atoms with Gasteiger partial charge in [-0.05, 0) is 53.2 Å². The first kappa shape index (κ1) is 29.1. The topological polar surface area (TPSA) is 34.0 Å². The van der Waals surface area contributed by atoms with Crippen molar-refractivity contribution in [2.24, 2.45) is 0 Å². The molecular formula is C44H29BrN4. The predicted molar refractivity (Wildman–Crippen MR) is 207 cm³/mol. The van der Waals surface area contributed by atoms with E-state index in [0.717, 1.165) is 60.5 Å². The van der Waals surface area contributed by atoms with E-state index >= 15 is 0 Å². The minimum Gasteiger partial charge on any atom is -0.309 e. The van der Waals surface area contributed by atoms with E-state index in [-0.39, 0.29) is 0 Å². The van der Waals surface area contributed by atoms with E-state index in [4.69, 9.17) is 9.97 Å². The SMILES string of the molecule is Brc1cc(N(c2ccc3ccccc3c2)c2cnc(-c3ccccc3)nc2-c2ccccc2)cc(-n2c3ccccc3c3ccccc32)c1. The molecular weight excluding hydrogens is 664 g/mol. The Kier molecular flexibility index (Phi) is 7.25. The van der Waals surface area contributed by atoms with Crippen molar-refractivity contribution in [1.82, 2.24) is 14.5 Å². The Bertz CT molecular complexity index is 2580. The van der Waals surface area contributed by atoms with Gasteiger partial charge >= 0.3 is 0 Å². The molecule has 7 aromatic carbocycles. The average molecular weight is 694 g/mol. The first-order chi connectivity index (χ1) is 24.2. The van der Waals surface area contributed by atoms with Crippen LogP contribution in [-0.2, 0) is 0 Å². The molecule has 0 saturated heterocycles. The molecule has 0 atom stereocenters. The Morgan fingerprint density at radius 2 is 1.12 bits per heavy atom. The molecule has 4 nitrogen and oxygen atoms in total. The molecule has 0 aliphatic carbocycles. The van der Waals surface area contributed by atoms with E-state index in [0.29, 0.717) is 5.82 Å². The molecule has 5 heteroatoms. The molecule has 0 N–H and O–H groups in total. The lowest BCUT2D eigenvalue weighted by atomic mass is 10.1. The Morgan fingerprint density at radius 3 is 1.84 bits per heavy atom. The van der Waals surface area contributed by atoms with Gasteiger partial charge < -0.3 is 9.47 Å². The van der Waals surface area contributed by atoms with Crippen LogP contribution in [0.25, 0.3) is 60.9 Å².